The highest BCUT2D eigenvalue weighted by atomic mass is 32.2. The largest absolute Gasteiger partial charge is 0.387 e. The molecule has 0 radical (unpaired) electrons. The second-order valence-electron chi connectivity index (χ2n) is 9.36. The van der Waals surface area contributed by atoms with Gasteiger partial charge in [0.1, 0.15) is 29.3 Å². The highest BCUT2D eigenvalue weighted by Crippen LogP contribution is 2.45. The van der Waals surface area contributed by atoms with Crippen molar-refractivity contribution in [1.82, 2.24) is 49.9 Å². The van der Waals surface area contributed by atoms with E-state index in [1.54, 1.807) is 0 Å². The number of H-pyrrole nitrogens is 1. The number of rotatable bonds is 10. The minimum Gasteiger partial charge on any atom is -0.387 e. The molecule has 24 heteroatoms. The zero-order valence-corrected chi connectivity index (χ0v) is 24.4. The second-order valence-corrected chi connectivity index (χ2v) is 11.1. The van der Waals surface area contributed by atoms with Crippen molar-refractivity contribution in [2.45, 2.75) is 48.0 Å². The van der Waals surface area contributed by atoms with Crippen LogP contribution >= 0.6 is 34.1 Å². The van der Waals surface area contributed by atoms with E-state index in [1.165, 1.54) is 11.0 Å². The lowest BCUT2D eigenvalue weighted by molar-refractivity contribution is -0.283. The van der Waals surface area contributed by atoms with Gasteiger partial charge in [-0.15, -0.1) is 10.2 Å². The number of aliphatic hydroxyl groups excluding tert-OH is 2. The Morgan fingerprint density at radius 3 is 2.74 bits per heavy atom. The number of nitrogens with one attached hydrogen (secondary N) is 1. The van der Waals surface area contributed by atoms with Crippen LogP contribution in [0.5, 0.6) is 0 Å². The molecular weight excluding hydrogens is 638 g/mol. The molecule has 2 aliphatic heterocycles. The van der Waals surface area contributed by atoms with E-state index in [1.807, 2.05) is 0 Å². The fourth-order valence-electron chi connectivity index (χ4n) is 4.79. The van der Waals surface area contributed by atoms with Crippen LogP contribution in [0.2, 0.25) is 0 Å². The van der Waals surface area contributed by atoms with Gasteiger partial charge in [-0.05, 0) is 12.9 Å². The van der Waals surface area contributed by atoms with Crippen LogP contribution in [0.4, 0.5) is 16.2 Å². The van der Waals surface area contributed by atoms with Gasteiger partial charge < -0.3 is 44.6 Å². The molecule has 7 N–H and O–H groups in total. The highest BCUT2D eigenvalue weighted by molar-refractivity contribution is 8.00. The number of nitrogen functional groups attached to an aromatic ring is 2. The van der Waals surface area contributed by atoms with Gasteiger partial charge in [-0.1, -0.05) is 22.2 Å². The first kappa shape index (κ1) is 30.2. The maximum atomic E-state index is 15.7. The van der Waals surface area contributed by atoms with E-state index in [9.17, 15) is 15.0 Å². The minimum atomic E-state index is -1.92. The lowest BCUT2D eigenvalue weighted by Crippen LogP contribution is -2.37. The zero-order valence-electron chi connectivity index (χ0n) is 21.5. The van der Waals surface area contributed by atoms with Gasteiger partial charge in [0, 0.05) is 15.4 Å². The number of halogens is 1. The fourth-order valence-corrected chi connectivity index (χ4v) is 6.68. The Kier molecular flexibility index (Phi) is 8.61. The van der Waals surface area contributed by atoms with Crippen molar-refractivity contribution in [3.05, 3.63) is 16.7 Å². The smallest absolute Gasteiger partial charge is 0.282 e. The van der Waals surface area contributed by atoms with Crippen LogP contribution in [-0.2, 0) is 22.9 Å². The van der Waals surface area contributed by atoms with E-state index in [2.05, 4.69) is 62.9 Å². The van der Waals surface area contributed by atoms with Gasteiger partial charge in [0.25, 0.3) is 12.0 Å². The van der Waals surface area contributed by atoms with Crippen molar-refractivity contribution in [1.29, 1.82) is 0 Å². The summed E-state index contributed by atoms with van der Waals surface area (Å²) in [4.78, 5) is 26.4. The first-order valence-corrected chi connectivity index (χ1v) is 14.1. The quantitative estimate of drug-likeness (QED) is 0.0466. The molecule has 43 heavy (non-hydrogen) atoms. The number of nitrogens with two attached hydrogens (primary N) is 2. The van der Waals surface area contributed by atoms with Crippen LogP contribution in [0.1, 0.15) is 11.6 Å². The van der Waals surface area contributed by atoms with E-state index in [0.717, 1.165) is 16.4 Å². The molecule has 4 aromatic heterocycles. The molecule has 10 atom stereocenters. The monoisotopic (exact) mass is 662 g/mol. The molecule has 0 spiro atoms. The minimum absolute atomic E-state index is 0.0280. The maximum Gasteiger partial charge on any atom is 0.282 e. The third-order valence-corrected chi connectivity index (χ3v) is 8.67. The number of aromatic nitrogens is 10. The Morgan fingerprint density at radius 1 is 1.21 bits per heavy atom. The Hall–Kier alpha value is -2.86. The summed E-state index contributed by atoms with van der Waals surface area (Å²) in [7, 11) is 2.06. The van der Waals surface area contributed by atoms with E-state index >= 15 is 4.39 Å². The lowest BCUT2D eigenvalue weighted by atomic mass is 10.0. The number of aliphatic hydroxyl groups is 2. The molecule has 0 aliphatic carbocycles. The average Bonchev–Trinajstić information content (AvgIpc) is 3.73. The Bertz CT molecular complexity index is 1670. The standard InChI is InChI=1S/C19H24FN12O8PS2/c20-6-4(5(2-37-41)38-15(6)31-12-7(27-29-31)11(21)23-3-24-12)1-36-19(35)39-17-9(33)10(40-42)16(43-17)32-13-8(28-30-32)14(34)26-18(22)25-13/h3-6,9-10,15-17,19,33,35,42H,1-2,41H2,(H2,21,23,24)(H3,22,25,26,34)/t4-,5-,6+,9+,10-,15-,16-,17?,19?/m1/s1. The Morgan fingerprint density at radius 2 is 1.98 bits per heavy atom. The Labute approximate surface area is 250 Å². The second kappa shape index (κ2) is 12.3. The molecule has 2 aliphatic rings. The first-order chi connectivity index (χ1) is 20.7. The maximum absolute atomic E-state index is 15.7. The number of nitrogens with zero attached hydrogens (tertiary/aromatic N) is 9. The fraction of sp³-hybridized carbons (Fsp3) is 0.579. The SMILES string of the molecule is Nc1nc2c(nnn2[C@@H]2SC(OC(O)OC[C@H]3[C@H](F)[C@H](n4nnc5c(N)ncnc54)O[C@@H]3COP)[C@@H](O)[C@H]2OS)c(=O)[nH]1. The Balaban J connectivity index is 1.13. The molecular formula is C19H24FN12O8PS2. The molecule has 3 unspecified atom stereocenters. The summed E-state index contributed by atoms with van der Waals surface area (Å²) in [5.74, 6) is -1.06. The lowest BCUT2D eigenvalue weighted by Gasteiger charge is -2.23. The molecule has 4 aromatic rings. The zero-order chi connectivity index (χ0) is 30.4. The predicted octanol–water partition coefficient (Wildman–Crippen LogP) is -1.96. The van der Waals surface area contributed by atoms with Crippen molar-refractivity contribution < 1.29 is 37.5 Å². The molecule has 20 nitrogen and oxygen atoms in total. The van der Waals surface area contributed by atoms with Gasteiger partial charge in [0.2, 0.25) is 5.95 Å². The number of alkyl halides is 1. The van der Waals surface area contributed by atoms with Gasteiger partial charge in [0.15, 0.2) is 40.5 Å². The highest BCUT2D eigenvalue weighted by Gasteiger charge is 2.50. The molecule has 0 aromatic carbocycles. The number of aromatic amines is 1. The number of thioether (sulfide) groups is 1. The van der Waals surface area contributed by atoms with Crippen LogP contribution in [-0.4, -0.2) is 110 Å². The number of hydrogen-bond donors (Lipinski definition) is 6. The average molecular weight is 663 g/mol. The number of ether oxygens (including phenoxy) is 3. The predicted molar refractivity (Wildman–Crippen MR) is 149 cm³/mol. The van der Waals surface area contributed by atoms with Crippen molar-refractivity contribution in [3.8, 4) is 0 Å². The van der Waals surface area contributed by atoms with Crippen LogP contribution in [0, 0.1) is 5.92 Å². The third kappa shape index (κ3) is 5.49. The summed E-state index contributed by atoms with van der Waals surface area (Å²) in [5, 5.41) is 36.1. The van der Waals surface area contributed by atoms with Gasteiger partial charge in [-0.3, -0.25) is 9.78 Å². The van der Waals surface area contributed by atoms with Crippen LogP contribution in [0.15, 0.2) is 11.1 Å². The van der Waals surface area contributed by atoms with Crippen LogP contribution < -0.4 is 17.0 Å². The van der Waals surface area contributed by atoms with Crippen molar-refractivity contribution in [3.63, 3.8) is 0 Å². The molecule has 0 bridgehead atoms. The van der Waals surface area contributed by atoms with E-state index < -0.39 is 59.5 Å². The normalized spacial score (nSPS) is 30.1. The van der Waals surface area contributed by atoms with Crippen LogP contribution in [0.3, 0.4) is 0 Å². The van der Waals surface area contributed by atoms with Gasteiger partial charge in [0.05, 0.1) is 19.3 Å². The van der Waals surface area contributed by atoms with Crippen molar-refractivity contribution in [2.75, 3.05) is 24.7 Å². The number of hydrogen-bond acceptors (Lipinski definition) is 19. The summed E-state index contributed by atoms with van der Waals surface area (Å²) in [6, 6.07) is 0. The summed E-state index contributed by atoms with van der Waals surface area (Å²) < 4.78 is 45.1. The third-order valence-electron chi connectivity index (χ3n) is 6.83. The number of fused-ring (bicyclic) bond motifs is 2. The number of thiol groups is 1. The molecule has 2 fully saturated rings. The number of anilines is 2. The molecule has 232 valence electrons. The molecule has 0 saturated carbocycles. The van der Waals surface area contributed by atoms with E-state index in [0.29, 0.717) is 0 Å². The van der Waals surface area contributed by atoms with Crippen molar-refractivity contribution >= 4 is 68.2 Å². The molecule has 6 heterocycles. The van der Waals surface area contributed by atoms with E-state index in [-0.39, 0.29) is 47.3 Å². The van der Waals surface area contributed by atoms with Crippen LogP contribution in [0.25, 0.3) is 22.3 Å². The summed E-state index contributed by atoms with van der Waals surface area (Å²) >= 11 is 4.79. The summed E-state index contributed by atoms with van der Waals surface area (Å²) in [6.45, 7) is -2.34. The van der Waals surface area contributed by atoms with Gasteiger partial charge in [-0.25, -0.2) is 19.0 Å². The van der Waals surface area contributed by atoms with E-state index in [4.69, 9.17) is 34.4 Å². The molecule has 2 saturated heterocycles. The first-order valence-electron chi connectivity index (χ1n) is 12.3. The summed E-state index contributed by atoms with van der Waals surface area (Å²) in [5.41, 5.74) is 9.98. The topological polar surface area (TPSA) is 272 Å². The summed E-state index contributed by atoms with van der Waals surface area (Å²) in [6.07, 6.45) is -5.03. The van der Waals surface area contributed by atoms with Gasteiger partial charge >= 0.3 is 0 Å². The van der Waals surface area contributed by atoms with Crippen molar-refractivity contribution in [2.24, 2.45) is 5.92 Å². The van der Waals surface area contributed by atoms with Gasteiger partial charge in [-0.2, -0.15) is 9.67 Å². The molecule has 0 amide bonds. The molecule has 6 rings (SSSR count).